The summed E-state index contributed by atoms with van der Waals surface area (Å²) in [4.78, 5) is 0. The zero-order valence-corrected chi connectivity index (χ0v) is 17.6. The Morgan fingerprint density at radius 1 is 0.742 bits per heavy atom. The summed E-state index contributed by atoms with van der Waals surface area (Å²) in [5, 5.41) is 7.12. The molecule has 0 aromatic heterocycles. The standard InChI is InChI=1S/C28H25FN2/c1-22-15-17-27(18-16-22)31(20-19-23-9-8-14-26(29)21-23)30-28(24-10-4-2-5-11-24)25-12-6-3-7-13-25/h2-18,21H,19-20H2,1H3. The van der Waals surface area contributed by atoms with Crippen LogP contribution in [0.5, 0.6) is 0 Å². The van der Waals surface area contributed by atoms with Gasteiger partial charge < -0.3 is 0 Å². The number of nitrogens with zero attached hydrogens (tertiary/aromatic N) is 2. The molecule has 0 radical (unpaired) electrons. The average Bonchev–Trinajstić information content (AvgIpc) is 2.81. The second kappa shape index (κ2) is 9.86. The van der Waals surface area contributed by atoms with E-state index in [-0.39, 0.29) is 5.82 Å². The van der Waals surface area contributed by atoms with Crippen LogP contribution in [0.3, 0.4) is 0 Å². The molecule has 4 aromatic rings. The summed E-state index contributed by atoms with van der Waals surface area (Å²) in [5.74, 6) is -0.211. The van der Waals surface area contributed by atoms with Crippen LogP contribution >= 0.6 is 0 Å². The molecule has 0 spiro atoms. The average molecular weight is 409 g/mol. The maximum absolute atomic E-state index is 13.7. The van der Waals surface area contributed by atoms with Gasteiger partial charge in [0.25, 0.3) is 0 Å². The van der Waals surface area contributed by atoms with Crippen LogP contribution < -0.4 is 5.01 Å². The van der Waals surface area contributed by atoms with E-state index in [1.807, 2.05) is 47.5 Å². The molecule has 0 saturated carbocycles. The van der Waals surface area contributed by atoms with Crippen LogP contribution in [0.2, 0.25) is 0 Å². The van der Waals surface area contributed by atoms with Gasteiger partial charge in [-0.2, -0.15) is 5.10 Å². The quantitative estimate of drug-likeness (QED) is 0.247. The molecule has 0 bridgehead atoms. The molecule has 2 nitrogen and oxygen atoms in total. The van der Waals surface area contributed by atoms with Crippen LogP contribution in [-0.2, 0) is 6.42 Å². The van der Waals surface area contributed by atoms with Gasteiger partial charge in [0.15, 0.2) is 0 Å². The van der Waals surface area contributed by atoms with E-state index in [2.05, 4.69) is 55.5 Å². The normalized spacial score (nSPS) is 10.5. The summed E-state index contributed by atoms with van der Waals surface area (Å²) in [5.41, 5.74) is 6.16. The summed E-state index contributed by atoms with van der Waals surface area (Å²) in [7, 11) is 0. The van der Waals surface area contributed by atoms with Gasteiger partial charge in [0.1, 0.15) is 5.82 Å². The van der Waals surface area contributed by atoms with Crippen molar-refractivity contribution in [3.05, 3.63) is 137 Å². The minimum Gasteiger partial charge on any atom is -0.265 e. The van der Waals surface area contributed by atoms with E-state index >= 15 is 0 Å². The Bertz CT molecular complexity index is 1100. The van der Waals surface area contributed by atoms with Crippen molar-refractivity contribution < 1.29 is 4.39 Å². The Hall–Kier alpha value is -3.72. The van der Waals surface area contributed by atoms with Crippen molar-refractivity contribution in [1.29, 1.82) is 0 Å². The number of hydrogen-bond donors (Lipinski definition) is 0. The molecular formula is C28H25FN2. The molecule has 0 fully saturated rings. The molecule has 0 atom stereocenters. The molecule has 0 aliphatic rings. The van der Waals surface area contributed by atoms with Gasteiger partial charge in [-0.15, -0.1) is 0 Å². The third kappa shape index (κ3) is 5.46. The second-order valence-corrected chi connectivity index (χ2v) is 7.52. The highest BCUT2D eigenvalue weighted by atomic mass is 19.1. The van der Waals surface area contributed by atoms with Crippen molar-refractivity contribution in [3.63, 3.8) is 0 Å². The van der Waals surface area contributed by atoms with Gasteiger partial charge in [-0.05, 0) is 43.2 Å². The fourth-order valence-corrected chi connectivity index (χ4v) is 3.48. The lowest BCUT2D eigenvalue weighted by Crippen LogP contribution is -2.23. The molecule has 0 saturated heterocycles. The molecule has 4 rings (SSSR count). The monoisotopic (exact) mass is 408 g/mol. The highest BCUT2D eigenvalue weighted by Crippen LogP contribution is 2.20. The predicted molar refractivity (Wildman–Crippen MR) is 127 cm³/mol. The zero-order chi connectivity index (χ0) is 21.5. The number of anilines is 1. The maximum Gasteiger partial charge on any atom is 0.123 e. The summed E-state index contributed by atoms with van der Waals surface area (Å²) in [6.07, 6.45) is 0.687. The van der Waals surface area contributed by atoms with Crippen molar-refractivity contribution in [2.24, 2.45) is 5.10 Å². The second-order valence-electron chi connectivity index (χ2n) is 7.52. The van der Waals surface area contributed by atoms with Crippen LogP contribution in [-0.4, -0.2) is 12.3 Å². The minimum absolute atomic E-state index is 0.211. The SMILES string of the molecule is Cc1ccc(N(CCc2cccc(F)c2)N=C(c2ccccc2)c2ccccc2)cc1. The van der Waals surface area contributed by atoms with Crippen LogP contribution in [0, 0.1) is 12.7 Å². The lowest BCUT2D eigenvalue weighted by molar-refractivity contribution is 0.625. The first-order valence-corrected chi connectivity index (χ1v) is 10.5. The van der Waals surface area contributed by atoms with E-state index in [1.165, 1.54) is 11.6 Å². The number of benzene rings is 4. The van der Waals surface area contributed by atoms with Gasteiger partial charge in [-0.25, -0.2) is 4.39 Å². The van der Waals surface area contributed by atoms with E-state index in [9.17, 15) is 4.39 Å². The Morgan fingerprint density at radius 2 is 1.35 bits per heavy atom. The lowest BCUT2D eigenvalue weighted by atomic mass is 10.0. The first-order valence-electron chi connectivity index (χ1n) is 10.5. The summed E-state index contributed by atoms with van der Waals surface area (Å²) < 4.78 is 13.7. The fourth-order valence-electron chi connectivity index (χ4n) is 3.48. The summed E-state index contributed by atoms with van der Waals surface area (Å²) in [6.45, 7) is 2.71. The molecule has 0 heterocycles. The van der Waals surface area contributed by atoms with Crippen molar-refractivity contribution in [2.75, 3.05) is 11.6 Å². The largest absolute Gasteiger partial charge is 0.265 e. The molecule has 0 amide bonds. The summed E-state index contributed by atoms with van der Waals surface area (Å²) in [6, 6.07) is 35.5. The smallest absolute Gasteiger partial charge is 0.123 e. The van der Waals surface area contributed by atoms with Gasteiger partial charge >= 0.3 is 0 Å². The topological polar surface area (TPSA) is 15.6 Å². The zero-order valence-electron chi connectivity index (χ0n) is 17.6. The van der Waals surface area contributed by atoms with Crippen LogP contribution in [0.1, 0.15) is 22.3 Å². The molecule has 154 valence electrons. The Kier molecular flexibility index (Phi) is 6.53. The third-order valence-corrected chi connectivity index (χ3v) is 5.15. The lowest BCUT2D eigenvalue weighted by Gasteiger charge is -2.22. The van der Waals surface area contributed by atoms with Crippen LogP contribution in [0.4, 0.5) is 10.1 Å². The van der Waals surface area contributed by atoms with Gasteiger partial charge in [-0.3, -0.25) is 5.01 Å². The number of rotatable bonds is 7. The highest BCUT2D eigenvalue weighted by Gasteiger charge is 2.12. The van der Waals surface area contributed by atoms with Crippen LogP contribution in [0.15, 0.2) is 114 Å². The van der Waals surface area contributed by atoms with Gasteiger partial charge in [-0.1, -0.05) is 90.5 Å². The van der Waals surface area contributed by atoms with Gasteiger partial charge in [0, 0.05) is 17.7 Å². The molecule has 3 heteroatoms. The molecule has 0 N–H and O–H groups in total. The summed E-state index contributed by atoms with van der Waals surface area (Å²) >= 11 is 0. The molecule has 4 aromatic carbocycles. The van der Waals surface area contributed by atoms with E-state index in [0.29, 0.717) is 13.0 Å². The molecule has 0 aliphatic heterocycles. The highest BCUT2D eigenvalue weighted by molar-refractivity contribution is 6.13. The first-order chi connectivity index (χ1) is 15.2. The predicted octanol–water partition coefficient (Wildman–Crippen LogP) is 6.64. The van der Waals surface area contributed by atoms with Crippen molar-refractivity contribution in [1.82, 2.24) is 0 Å². The van der Waals surface area contributed by atoms with Gasteiger partial charge in [0.2, 0.25) is 0 Å². The van der Waals surface area contributed by atoms with Crippen molar-refractivity contribution in [3.8, 4) is 0 Å². The van der Waals surface area contributed by atoms with E-state index in [4.69, 9.17) is 5.10 Å². The Labute approximate surface area is 183 Å². The molecule has 31 heavy (non-hydrogen) atoms. The van der Waals surface area contributed by atoms with Crippen molar-refractivity contribution >= 4 is 11.4 Å². The molecule has 0 aliphatic carbocycles. The maximum atomic E-state index is 13.7. The Balaban J connectivity index is 1.74. The first kappa shape index (κ1) is 20.5. The molecular weight excluding hydrogens is 383 g/mol. The van der Waals surface area contributed by atoms with E-state index in [0.717, 1.165) is 28.1 Å². The third-order valence-electron chi connectivity index (χ3n) is 5.15. The number of aryl methyl sites for hydroxylation is 1. The van der Waals surface area contributed by atoms with Gasteiger partial charge in [0.05, 0.1) is 11.4 Å². The number of halogens is 1. The number of hydrazone groups is 1. The Morgan fingerprint density at radius 3 is 1.94 bits per heavy atom. The van der Waals surface area contributed by atoms with Crippen molar-refractivity contribution in [2.45, 2.75) is 13.3 Å². The van der Waals surface area contributed by atoms with E-state index < -0.39 is 0 Å². The molecule has 0 unspecified atom stereocenters. The number of hydrogen-bond acceptors (Lipinski definition) is 2. The van der Waals surface area contributed by atoms with Crippen LogP contribution in [0.25, 0.3) is 0 Å². The fraction of sp³-hybridized carbons (Fsp3) is 0.107. The van der Waals surface area contributed by atoms with E-state index in [1.54, 1.807) is 12.1 Å². The minimum atomic E-state index is -0.211.